The van der Waals surface area contributed by atoms with Gasteiger partial charge in [0.25, 0.3) is 0 Å². The number of amides is 1. The maximum absolute atomic E-state index is 11.6. The van der Waals surface area contributed by atoms with Gasteiger partial charge in [0.1, 0.15) is 6.04 Å². The van der Waals surface area contributed by atoms with Crippen molar-refractivity contribution in [2.24, 2.45) is 5.92 Å². The molecule has 1 rings (SSSR count). The van der Waals surface area contributed by atoms with E-state index in [1.165, 1.54) is 6.42 Å². The molecular formula is C12H21NO4. The average Bonchev–Trinajstić information content (AvgIpc) is 2.29. The lowest BCUT2D eigenvalue weighted by atomic mass is 9.87. The molecule has 1 aliphatic rings. The Morgan fingerprint density at radius 3 is 2.41 bits per heavy atom. The summed E-state index contributed by atoms with van der Waals surface area (Å²) in [5.74, 6) is -0.902. The van der Waals surface area contributed by atoms with Gasteiger partial charge in [-0.3, -0.25) is 4.79 Å². The van der Waals surface area contributed by atoms with E-state index in [1.807, 2.05) is 0 Å². The fraction of sp³-hybridized carbons (Fsp3) is 0.833. The second kappa shape index (κ2) is 7.27. The van der Waals surface area contributed by atoms with Gasteiger partial charge in [0, 0.05) is 19.4 Å². The molecule has 0 aliphatic heterocycles. The Morgan fingerprint density at radius 1 is 1.24 bits per heavy atom. The number of carbonyl (C=O) groups excluding carboxylic acids is 1. The van der Waals surface area contributed by atoms with Crippen LogP contribution in [0.3, 0.4) is 0 Å². The SMILES string of the molecule is O=C(CC1CCCCC1)N[C@H](CCO)C(=O)O. The summed E-state index contributed by atoms with van der Waals surface area (Å²) in [6.45, 7) is -0.235. The number of aliphatic hydroxyl groups is 1. The van der Waals surface area contributed by atoms with E-state index in [9.17, 15) is 9.59 Å². The summed E-state index contributed by atoms with van der Waals surface area (Å²) in [4.78, 5) is 22.4. The highest BCUT2D eigenvalue weighted by Gasteiger charge is 2.22. The third-order valence-corrected chi connectivity index (χ3v) is 3.25. The number of hydrogen-bond donors (Lipinski definition) is 3. The maximum atomic E-state index is 11.6. The Kier molecular flexibility index (Phi) is 5.97. The smallest absolute Gasteiger partial charge is 0.326 e. The first kappa shape index (κ1) is 14.0. The molecule has 5 nitrogen and oxygen atoms in total. The second-order valence-electron chi connectivity index (χ2n) is 4.68. The number of carbonyl (C=O) groups is 2. The third-order valence-electron chi connectivity index (χ3n) is 3.25. The fourth-order valence-corrected chi connectivity index (χ4v) is 2.29. The van der Waals surface area contributed by atoms with Crippen molar-refractivity contribution in [2.75, 3.05) is 6.61 Å². The number of nitrogens with one attached hydrogen (secondary N) is 1. The van der Waals surface area contributed by atoms with Crippen LogP contribution in [0.2, 0.25) is 0 Å². The van der Waals surface area contributed by atoms with Gasteiger partial charge in [-0.25, -0.2) is 4.79 Å². The van der Waals surface area contributed by atoms with Gasteiger partial charge in [0.2, 0.25) is 5.91 Å². The molecule has 0 unspecified atom stereocenters. The van der Waals surface area contributed by atoms with E-state index in [1.54, 1.807) is 0 Å². The molecule has 0 aromatic heterocycles. The molecule has 0 bridgehead atoms. The molecule has 1 fully saturated rings. The van der Waals surface area contributed by atoms with Gasteiger partial charge in [-0.1, -0.05) is 19.3 Å². The normalized spacial score (nSPS) is 18.6. The topological polar surface area (TPSA) is 86.6 Å². The number of carboxylic acids is 1. The van der Waals surface area contributed by atoms with E-state index in [0.717, 1.165) is 25.7 Å². The zero-order valence-electron chi connectivity index (χ0n) is 10.0. The molecule has 0 radical (unpaired) electrons. The van der Waals surface area contributed by atoms with Gasteiger partial charge in [0.15, 0.2) is 0 Å². The highest BCUT2D eigenvalue weighted by atomic mass is 16.4. The van der Waals surface area contributed by atoms with Gasteiger partial charge >= 0.3 is 5.97 Å². The number of rotatable bonds is 6. The number of carboxylic acid groups (broad SMARTS) is 1. The Labute approximate surface area is 101 Å². The van der Waals surface area contributed by atoms with E-state index >= 15 is 0 Å². The summed E-state index contributed by atoms with van der Waals surface area (Å²) in [5.41, 5.74) is 0. The largest absolute Gasteiger partial charge is 0.480 e. The van der Waals surface area contributed by atoms with Crippen molar-refractivity contribution < 1.29 is 19.8 Å². The molecule has 1 aliphatic carbocycles. The van der Waals surface area contributed by atoms with Crippen molar-refractivity contribution in [1.29, 1.82) is 0 Å². The minimum Gasteiger partial charge on any atom is -0.480 e. The number of aliphatic carboxylic acids is 1. The predicted molar refractivity (Wildman–Crippen MR) is 62.5 cm³/mol. The summed E-state index contributed by atoms with van der Waals surface area (Å²) >= 11 is 0. The number of hydrogen-bond acceptors (Lipinski definition) is 3. The first-order chi connectivity index (χ1) is 8.13. The van der Waals surface area contributed by atoms with Crippen molar-refractivity contribution in [3.05, 3.63) is 0 Å². The van der Waals surface area contributed by atoms with Crippen LogP contribution in [0.5, 0.6) is 0 Å². The summed E-state index contributed by atoms with van der Waals surface area (Å²) in [6, 6.07) is -0.962. The van der Waals surface area contributed by atoms with Crippen LogP contribution in [0.1, 0.15) is 44.9 Å². The van der Waals surface area contributed by atoms with Crippen LogP contribution in [0, 0.1) is 5.92 Å². The molecular weight excluding hydrogens is 222 g/mol. The standard InChI is InChI=1S/C12H21NO4/c14-7-6-10(12(16)17)13-11(15)8-9-4-2-1-3-5-9/h9-10,14H,1-8H2,(H,13,15)(H,16,17)/t10-/m1/s1. The predicted octanol–water partition coefficient (Wildman–Crippen LogP) is 0.909. The van der Waals surface area contributed by atoms with Gasteiger partial charge in [-0.15, -0.1) is 0 Å². The lowest BCUT2D eigenvalue weighted by molar-refractivity contribution is -0.142. The summed E-state index contributed by atoms with van der Waals surface area (Å²) in [6.07, 6.45) is 6.16. The molecule has 0 aromatic rings. The molecule has 0 saturated heterocycles. The van der Waals surface area contributed by atoms with Gasteiger partial charge in [-0.2, -0.15) is 0 Å². The van der Waals surface area contributed by atoms with Crippen molar-refractivity contribution >= 4 is 11.9 Å². The summed E-state index contributed by atoms with van der Waals surface area (Å²) < 4.78 is 0. The lowest BCUT2D eigenvalue weighted by Gasteiger charge is -2.22. The first-order valence-electron chi connectivity index (χ1n) is 6.26. The maximum Gasteiger partial charge on any atom is 0.326 e. The minimum atomic E-state index is -1.09. The van der Waals surface area contributed by atoms with Crippen LogP contribution in [0.25, 0.3) is 0 Å². The molecule has 1 amide bonds. The Balaban J connectivity index is 2.33. The van der Waals surface area contributed by atoms with Crippen molar-refractivity contribution in [1.82, 2.24) is 5.32 Å². The fourth-order valence-electron chi connectivity index (χ4n) is 2.29. The van der Waals surface area contributed by atoms with E-state index in [2.05, 4.69) is 5.32 Å². The van der Waals surface area contributed by atoms with Gasteiger partial charge < -0.3 is 15.5 Å². The first-order valence-corrected chi connectivity index (χ1v) is 6.26. The Hall–Kier alpha value is -1.10. The highest BCUT2D eigenvalue weighted by molar-refractivity contribution is 5.83. The van der Waals surface area contributed by atoms with Crippen molar-refractivity contribution in [3.8, 4) is 0 Å². The third kappa shape index (κ3) is 5.17. The van der Waals surface area contributed by atoms with Gasteiger partial charge in [-0.05, 0) is 18.8 Å². The van der Waals surface area contributed by atoms with Crippen LogP contribution < -0.4 is 5.32 Å². The molecule has 17 heavy (non-hydrogen) atoms. The lowest BCUT2D eigenvalue weighted by Crippen LogP contribution is -2.42. The van der Waals surface area contributed by atoms with Crippen LogP contribution in [0.4, 0.5) is 0 Å². The van der Waals surface area contributed by atoms with Crippen LogP contribution in [0.15, 0.2) is 0 Å². The zero-order valence-corrected chi connectivity index (χ0v) is 10.0. The van der Waals surface area contributed by atoms with E-state index in [-0.39, 0.29) is 18.9 Å². The zero-order chi connectivity index (χ0) is 12.7. The van der Waals surface area contributed by atoms with E-state index in [4.69, 9.17) is 10.2 Å². The Bertz CT molecular complexity index is 261. The molecule has 0 heterocycles. The van der Waals surface area contributed by atoms with Crippen molar-refractivity contribution in [3.63, 3.8) is 0 Å². The summed E-state index contributed by atoms with van der Waals surface area (Å²) in [7, 11) is 0. The van der Waals surface area contributed by atoms with Crippen LogP contribution in [-0.4, -0.2) is 34.7 Å². The molecule has 3 N–H and O–H groups in total. The minimum absolute atomic E-state index is 0.0613. The average molecular weight is 243 g/mol. The quantitative estimate of drug-likeness (QED) is 0.647. The van der Waals surface area contributed by atoms with E-state index < -0.39 is 12.0 Å². The van der Waals surface area contributed by atoms with Crippen LogP contribution in [-0.2, 0) is 9.59 Å². The molecule has 5 heteroatoms. The summed E-state index contributed by atoms with van der Waals surface area (Å²) in [5, 5.41) is 20.0. The van der Waals surface area contributed by atoms with Crippen molar-refractivity contribution in [2.45, 2.75) is 51.0 Å². The van der Waals surface area contributed by atoms with E-state index in [0.29, 0.717) is 12.3 Å². The molecule has 0 spiro atoms. The monoisotopic (exact) mass is 243 g/mol. The second-order valence-corrected chi connectivity index (χ2v) is 4.68. The highest BCUT2D eigenvalue weighted by Crippen LogP contribution is 2.26. The molecule has 1 saturated carbocycles. The molecule has 1 atom stereocenters. The van der Waals surface area contributed by atoms with Gasteiger partial charge in [0.05, 0.1) is 0 Å². The molecule has 0 aromatic carbocycles. The number of aliphatic hydroxyl groups excluding tert-OH is 1. The Morgan fingerprint density at radius 2 is 1.88 bits per heavy atom. The molecule has 98 valence electrons. The van der Waals surface area contributed by atoms with Crippen LogP contribution >= 0.6 is 0 Å².